The Morgan fingerprint density at radius 1 is 1.53 bits per heavy atom. The lowest BCUT2D eigenvalue weighted by Crippen LogP contribution is -2.55. The van der Waals surface area contributed by atoms with Crippen LogP contribution in [0.15, 0.2) is 12.7 Å². The van der Waals surface area contributed by atoms with Gasteiger partial charge in [0.2, 0.25) is 0 Å². The smallest absolute Gasteiger partial charge is 0.410 e. The zero-order chi connectivity index (χ0) is 11.3. The van der Waals surface area contributed by atoms with Gasteiger partial charge in [0.05, 0.1) is 0 Å². The number of rotatable bonds is 3. The monoisotopic (exact) mass is 213 g/mol. The number of likely N-dealkylation sites (tertiary alicyclic amines) is 1. The summed E-state index contributed by atoms with van der Waals surface area (Å²) in [5.41, 5.74) is 11.3. The average molecular weight is 213 g/mol. The molecular formula is C10H19N3O2. The van der Waals surface area contributed by atoms with Gasteiger partial charge in [0, 0.05) is 25.2 Å². The molecule has 15 heavy (non-hydrogen) atoms. The van der Waals surface area contributed by atoms with Crippen LogP contribution in [0, 0.1) is 0 Å². The van der Waals surface area contributed by atoms with Gasteiger partial charge in [-0.2, -0.15) is 0 Å². The van der Waals surface area contributed by atoms with Gasteiger partial charge in [-0.25, -0.2) is 4.79 Å². The van der Waals surface area contributed by atoms with Crippen molar-refractivity contribution >= 4 is 6.09 Å². The van der Waals surface area contributed by atoms with Gasteiger partial charge in [0.15, 0.2) is 0 Å². The third-order valence-corrected chi connectivity index (χ3v) is 2.75. The maximum absolute atomic E-state index is 11.4. The first-order valence-electron chi connectivity index (χ1n) is 5.13. The molecule has 1 aliphatic heterocycles. The first kappa shape index (κ1) is 12.0. The van der Waals surface area contributed by atoms with Crippen LogP contribution in [-0.4, -0.2) is 42.8 Å². The second-order valence-electron chi connectivity index (χ2n) is 3.92. The molecule has 0 saturated carbocycles. The van der Waals surface area contributed by atoms with E-state index in [1.165, 1.54) is 0 Å². The molecule has 1 heterocycles. The number of hydrogen-bond donors (Lipinski definition) is 2. The highest BCUT2D eigenvalue weighted by atomic mass is 16.6. The number of piperidine rings is 1. The number of ether oxygens (including phenoxy) is 1. The number of nitrogens with two attached hydrogens (primary N) is 2. The highest BCUT2D eigenvalue weighted by Gasteiger charge is 2.31. The number of hydrogen-bond acceptors (Lipinski definition) is 4. The summed E-state index contributed by atoms with van der Waals surface area (Å²) >= 11 is 0. The third kappa shape index (κ3) is 3.21. The van der Waals surface area contributed by atoms with Gasteiger partial charge in [0.1, 0.15) is 6.61 Å². The molecule has 0 atom stereocenters. The largest absolute Gasteiger partial charge is 0.445 e. The molecule has 0 aliphatic carbocycles. The van der Waals surface area contributed by atoms with Crippen LogP contribution in [-0.2, 0) is 4.74 Å². The lowest BCUT2D eigenvalue weighted by molar-refractivity contribution is 0.0924. The molecule has 1 rings (SSSR count). The van der Waals surface area contributed by atoms with Gasteiger partial charge in [-0.05, 0) is 12.8 Å². The van der Waals surface area contributed by atoms with Crippen molar-refractivity contribution in [2.75, 3.05) is 26.2 Å². The van der Waals surface area contributed by atoms with Crippen LogP contribution in [0.3, 0.4) is 0 Å². The van der Waals surface area contributed by atoms with Crippen molar-refractivity contribution in [1.29, 1.82) is 0 Å². The molecule has 5 heteroatoms. The maximum Gasteiger partial charge on any atom is 0.410 e. The fourth-order valence-electron chi connectivity index (χ4n) is 1.56. The van der Waals surface area contributed by atoms with Gasteiger partial charge in [0.25, 0.3) is 0 Å². The van der Waals surface area contributed by atoms with Gasteiger partial charge in [-0.15, -0.1) is 0 Å². The molecule has 1 aliphatic rings. The number of carbonyl (C=O) groups is 1. The summed E-state index contributed by atoms with van der Waals surface area (Å²) < 4.78 is 4.93. The van der Waals surface area contributed by atoms with Gasteiger partial charge in [-0.3, -0.25) is 0 Å². The van der Waals surface area contributed by atoms with Crippen LogP contribution >= 0.6 is 0 Å². The summed E-state index contributed by atoms with van der Waals surface area (Å²) in [7, 11) is 0. The summed E-state index contributed by atoms with van der Waals surface area (Å²) in [6.07, 6.45) is 2.71. The zero-order valence-corrected chi connectivity index (χ0v) is 8.95. The fourth-order valence-corrected chi connectivity index (χ4v) is 1.56. The van der Waals surface area contributed by atoms with Crippen LogP contribution in [0.25, 0.3) is 0 Å². The van der Waals surface area contributed by atoms with Crippen molar-refractivity contribution in [1.82, 2.24) is 4.90 Å². The molecule has 0 aromatic rings. The number of nitrogens with zero attached hydrogens (tertiary/aromatic N) is 1. The summed E-state index contributed by atoms with van der Waals surface area (Å²) in [5.74, 6) is 0. The highest BCUT2D eigenvalue weighted by Crippen LogP contribution is 2.18. The maximum atomic E-state index is 11.4. The minimum absolute atomic E-state index is 0.250. The molecule has 1 fully saturated rings. The molecule has 4 N–H and O–H groups in total. The minimum Gasteiger partial charge on any atom is -0.445 e. The average Bonchev–Trinajstić information content (AvgIpc) is 2.27. The Balaban J connectivity index is 2.36. The van der Waals surface area contributed by atoms with E-state index in [1.54, 1.807) is 11.0 Å². The molecular weight excluding hydrogens is 194 g/mol. The Bertz CT molecular complexity index is 235. The summed E-state index contributed by atoms with van der Waals surface area (Å²) in [4.78, 5) is 13.1. The molecule has 1 saturated heterocycles. The second-order valence-corrected chi connectivity index (χ2v) is 3.92. The molecule has 5 nitrogen and oxygen atoms in total. The molecule has 0 unspecified atom stereocenters. The molecule has 0 aromatic heterocycles. The second kappa shape index (κ2) is 5.14. The van der Waals surface area contributed by atoms with Crippen molar-refractivity contribution in [3.05, 3.63) is 12.7 Å². The Hall–Kier alpha value is -1.07. The summed E-state index contributed by atoms with van der Waals surface area (Å²) in [6, 6.07) is 0. The first-order chi connectivity index (χ1) is 7.11. The fraction of sp³-hybridized carbons (Fsp3) is 0.700. The topological polar surface area (TPSA) is 81.6 Å². The highest BCUT2D eigenvalue weighted by molar-refractivity contribution is 5.67. The van der Waals surface area contributed by atoms with E-state index >= 15 is 0 Å². The molecule has 86 valence electrons. The number of carbonyl (C=O) groups excluding carboxylic acids is 1. The van der Waals surface area contributed by atoms with E-state index < -0.39 is 0 Å². The lowest BCUT2D eigenvalue weighted by atomic mass is 9.89. The van der Waals surface area contributed by atoms with Gasteiger partial charge < -0.3 is 21.1 Å². The molecule has 0 spiro atoms. The number of amides is 1. The molecule has 0 radical (unpaired) electrons. The first-order valence-corrected chi connectivity index (χ1v) is 5.13. The standard InChI is InChI=1S/C10H19N3O2/c1-2-7-15-9(14)13-5-3-10(12,8-11)4-6-13/h2H,1,3-8,11-12H2. The Labute approximate surface area is 90.0 Å². The quantitative estimate of drug-likeness (QED) is 0.650. The van der Waals surface area contributed by atoms with Crippen molar-refractivity contribution in [2.45, 2.75) is 18.4 Å². The normalized spacial score (nSPS) is 19.7. The van der Waals surface area contributed by atoms with E-state index in [0.717, 1.165) is 12.8 Å². The Morgan fingerprint density at radius 3 is 2.60 bits per heavy atom. The van der Waals surface area contributed by atoms with Crippen LogP contribution in [0.4, 0.5) is 4.79 Å². The lowest BCUT2D eigenvalue weighted by Gasteiger charge is -2.37. The van der Waals surface area contributed by atoms with E-state index in [4.69, 9.17) is 16.2 Å². The van der Waals surface area contributed by atoms with E-state index in [1.807, 2.05) is 0 Å². The Kier molecular flexibility index (Phi) is 4.11. The molecule has 0 aromatic carbocycles. The van der Waals surface area contributed by atoms with Gasteiger partial charge >= 0.3 is 6.09 Å². The predicted molar refractivity (Wildman–Crippen MR) is 58.3 cm³/mol. The van der Waals surface area contributed by atoms with Gasteiger partial charge in [-0.1, -0.05) is 12.7 Å². The van der Waals surface area contributed by atoms with Crippen molar-refractivity contribution in [2.24, 2.45) is 11.5 Å². The predicted octanol–water partition coefficient (Wildman–Crippen LogP) is 0.0610. The van der Waals surface area contributed by atoms with Crippen molar-refractivity contribution in [3.8, 4) is 0 Å². The Morgan fingerprint density at radius 2 is 2.13 bits per heavy atom. The van der Waals surface area contributed by atoms with Crippen LogP contribution in [0.5, 0.6) is 0 Å². The molecule has 0 bridgehead atoms. The van der Waals surface area contributed by atoms with E-state index in [2.05, 4.69) is 6.58 Å². The zero-order valence-electron chi connectivity index (χ0n) is 8.95. The summed E-state index contributed by atoms with van der Waals surface area (Å²) in [6.45, 7) is 5.42. The minimum atomic E-state index is -0.310. The third-order valence-electron chi connectivity index (χ3n) is 2.75. The van der Waals surface area contributed by atoms with Crippen molar-refractivity contribution < 1.29 is 9.53 Å². The molecule has 1 amide bonds. The van der Waals surface area contributed by atoms with Crippen LogP contribution < -0.4 is 11.5 Å². The van der Waals surface area contributed by atoms with E-state index in [0.29, 0.717) is 19.6 Å². The SMILES string of the molecule is C=CCOC(=O)N1CCC(N)(CN)CC1. The van der Waals surface area contributed by atoms with E-state index in [-0.39, 0.29) is 18.2 Å². The van der Waals surface area contributed by atoms with E-state index in [9.17, 15) is 4.79 Å². The van der Waals surface area contributed by atoms with Crippen LogP contribution in [0.1, 0.15) is 12.8 Å². The van der Waals surface area contributed by atoms with Crippen molar-refractivity contribution in [3.63, 3.8) is 0 Å². The van der Waals surface area contributed by atoms with Crippen LogP contribution in [0.2, 0.25) is 0 Å². The summed E-state index contributed by atoms with van der Waals surface area (Å²) in [5, 5.41) is 0.